The Hall–Kier alpha value is -0.730. The lowest BCUT2D eigenvalue weighted by atomic mass is 10.2. The molecule has 0 aromatic rings. The summed E-state index contributed by atoms with van der Waals surface area (Å²) in [5, 5.41) is 1.07. The number of carbonyl (C=O) groups excluding carboxylic acids is 1. The highest BCUT2D eigenvalue weighted by Crippen LogP contribution is 2.24. The van der Waals surface area contributed by atoms with Crippen molar-refractivity contribution in [1.82, 2.24) is 10.2 Å². The van der Waals surface area contributed by atoms with Gasteiger partial charge >= 0.3 is 6.03 Å². The van der Waals surface area contributed by atoms with Gasteiger partial charge in [-0.05, 0) is 12.8 Å². The van der Waals surface area contributed by atoms with Crippen LogP contribution in [0.25, 0.3) is 0 Å². The lowest BCUT2D eigenvalue weighted by Gasteiger charge is -2.21. The van der Waals surface area contributed by atoms with Crippen LogP contribution in [0.5, 0.6) is 0 Å². The van der Waals surface area contributed by atoms with Gasteiger partial charge in [0.15, 0.2) is 1.41 Å². The highest BCUT2D eigenvalue weighted by molar-refractivity contribution is 5.76. The Bertz CT molecular complexity index is 191. The van der Waals surface area contributed by atoms with Crippen LogP contribution in [0.15, 0.2) is 0 Å². The van der Waals surface area contributed by atoms with Gasteiger partial charge in [0, 0.05) is 19.1 Å². The second kappa shape index (κ2) is 2.72. The summed E-state index contributed by atoms with van der Waals surface area (Å²) >= 11 is 0. The molecule has 1 aliphatic heterocycles. The first kappa shape index (κ1) is 5.86. The summed E-state index contributed by atoms with van der Waals surface area (Å²) in [7, 11) is 0. The van der Waals surface area contributed by atoms with Crippen molar-refractivity contribution in [2.45, 2.75) is 31.7 Å². The van der Waals surface area contributed by atoms with Crippen LogP contribution in [0, 0.1) is 0 Å². The smallest absolute Gasteiger partial charge is 0.317 e. The molecule has 62 valence electrons. The van der Waals surface area contributed by atoms with Gasteiger partial charge in [0.05, 0.1) is 0 Å². The van der Waals surface area contributed by atoms with Crippen molar-refractivity contribution < 1.29 is 6.21 Å². The van der Waals surface area contributed by atoms with E-state index in [4.69, 9.17) is 1.41 Å². The molecule has 3 heteroatoms. The van der Waals surface area contributed by atoms with Crippen LogP contribution in [0.3, 0.4) is 0 Å². The predicted molar refractivity (Wildman–Crippen MR) is 42.4 cm³/mol. The zero-order valence-corrected chi connectivity index (χ0v) is 6.62. The molecular weight excluding hydrogens is 140 g/mol. The molecule has 0 bridgehead atoms. The molecule has 1 N–H and O–H groups in total. The quantitative estimate of drug-likeness (QED) is 0.601. The average molecular weight is 155 g/mol. The molecule has 1 aliphatic carbocycles. The predicted octanol–water partition coefficient (Wildman–Crippen LogP) is 0.954. The van der Waals surface area contributed by atoms with Crippen LogP contribution in [0.2, 0.25) is 1.41 Å². The highest BCUT2D eigenvalue weighted by Gasteiger charge is 2.29. The largest absolute Gasteiger partial charge is 0.336 e. The van der Waals surface area contributed by atoms with Gasteiger partial charge < -0.3 is 10.2 Å². The lowest BCUT2D eigenvalue weighted by Crippen LogP contribution is -2.36. The van der Waals surface area contributed by atoms with Crippen LogP contribution in [0.4, 0.5) is 4.79 Å². The Kier molecular flexibility index (Phi) is 1.45. The van der Waals surface area contributed by atoms with E-state index in [9.17, 15) is 4.79 Å². The number of carbonyl (C=O) groups is 1. The van der Waals surface area contributed by atoms with E-state index in [0.29, 0.717) is 12.6 Å². The molecule has 2 fully saturated rings. The second-order valence-corrected chi connectivity index (χ2v) is 3.30. The van der Waals surface area contributed by atoms with Gasteiger partial charge in [-0.1, -0.05) is 12.8 Å². The summed E-state index contributed by atoms with van der Waals surface area (Å²) in [6.45, 7) is 1.34. The lowest BCUT2D eigenvalue weighted by molar-refractivity contribution is 0.199. The van der Waals surface area contributed by atoms with Gasteiger partial charge in [-0.25, -0.2) is 4.79 Å². The molecule has 0 aromatic carbocycles. The molecule has 0 atom stereocenters. The van der Waals surface area contributed by atoms with Gasteiger partial charge in [0.25, 0.3) is 0 Å². The molecule has 2 rings (SSSR count). The Labute approximate surface area is 68.2 Å². The fraction of sp³-hybridized carbons (Fsp3) is 0.875. The molecule has 2 amide bonds. The molecule has 11 heavy (non-hydrogen) atoms. The molecule has 0 spiro atoms. The number of amides is 2. The van der Waals surface area contributed by atoms with Crippen LogP contribution >= 0.6 is 0 Å². The van der Waals surface area contributed by atoms with E-state index in [1.54, 1.807) is 0 Å². The molecule has 1 heterocycles. The van der Waals surface area contributed by atoms with Gasteiger partial charge in [-0.3, -0.25) is 0 Å². The maximum Gasteiger partial charge on any atom is 0.317 e. The van der Waals surface area contributed by atoms with E-state index in [0.717, 1.165) is 24.7 Å². The van der Waals surface area contributed by atoms with Gasteiger partial charge in [-0.2, -0.15) is 0 Å². The fourth-order valence-electron chi connectivity index (χ4n) is 1.99. The number of nitrogens with zero attached hydrogens (tertiary/aromatic N) is 1. The van der Waals surface area contributed by atoms with E-state index in [1.165, 1.54) is 12.8 Å². The molecule has 1 saturated carbocycles. The number of nitrogens with one attached hydrogen (secondary N) is 1. The van der Waals surface area contributed by atoms with E-state index in [1.807, 2.05) is 4.90 Å². The first-order chi connectivity index (χ1) is 5.79. The molecule has 3 nitrogen and oxygen atoms in total. The summed E-state index contributed by atoms with van der Waals surface area (Å²) in [5.41, 5.74) is 0. The topological polar surface area (TPSA) is 32.3 Å². The van der Waals surface area contributed by atoms with E-state index in [2.05, 4.69) is 0 Å². The van der Waals surface area contributed by atoms with E-state index in [-0.39, 0.29) is 6.03 Å². The Morgan fingerprint density at radius 1 is 1.55 bits per heavy atom. The third-order valence-electron chi connectivity index (χ3n) is 2.60. The summed E-state index contributed by atoms with van der Waals surface area (Å²) in [5.74, 6) is 0. The van der Waals surface area contributed by atoms with Crippen molar-refractivity contribution >= 4 is 6.03 Å². The third-order valence-corrected chi connectivity index (χ3v) is 2.60. The molecule has 0 radical (unpaired) electrons. The summed E-state index contributed by atoms with van der Waals surface area (Å²) in [4.78, 5) is 13.2. The SMILES string of the molecule is [2H]N1CCN(C2CCCC2)C1=O. The zero-order valence-electron chi connectivity index (χ0n) is 7.62. The van der Waals surface area contributed by atoms with Crippen molar-refractivity contribution in [2.75, 3.05) is 13.1 Å². The van der Waals surface area contributed by atoms with Crippen molar-refractivity contribution in [3.8, 4) is 0 Å². The van der Waals surface area contributed by atoms with Gasteiger partial charge in [-0.15, -0.1) is 0 Å². The standard InChI is InChI=1S/C8H14N2O/c11-8-9-5-6-10(8)7-3-1-2-4-7/h7H,1-6H2,(H,9,11)/i/hD. The monoisotopic (exact) mass is 155 g/mol. The van der Waals surface area contributed by atoms with Crippen molar-refractivity contribution in [3.05, 3.63) is 0 Å². The molecule has 0 unspecified atom stereocenters. The molecular formula is C8H14N2O. The third kappa shape index (κ3) is 1.19. The van der Waals surface area contributed by atoms with Crippen molar-refractivity contribution in [2.24, 2.45) is 0 Å². The summed E-state index contributed by atoms with van der Waals surface area (Å²) < 4.78 is 7.27. The normalized spacial score (nSPS) is 28.4. The number of urea groups is 1. The Balaban J connectivity index is 1.99. The first-order valence-electron chi connectivity index (χ1n) is 4.81. The minimum Gasteiger partial charge on any atom is -0.336 e. The number of hydrogen-bond donors (Lipinski definition) is 1. The zero-order chi connectivity index (χ0) is 8.55. The number of rotatable bonds is 1. The molecule has 1 saturated heterocycles. The minimum atomic E-state index is -0.0955. The van der Waals surface area contributed by atoms with Gasteiger partial charge in [0.2, 0.25) is 0 Å². The summed E-state index contributed by atoms with van der Waals surface area (Å²) in [6.07, 6.45) is 4.76. The first-order valence-corrected chi connectivity index (χ1v) is 4.36. The van der Waals surface area contributed by atoms with E-state index < -0.39 is 0 Å². The fourth-order valence-corrected chi connectivity index (χ4v) is 1.99. The minimum absolute atomic E-state index is 0.0955. The number of hydrogen-bond acceptors (Lipinski definition) is 1. The van der Waals surface area contributed by atoms with Crippen molar-refractivity contribution in [3.63, 3.8) is 0 Å². The summed E-state index contributed by atoms with van der Waals surface area (Å²) in [6, 6.07) is 0.342. The van der Waals surface area contributed by atoms with Crippen LogP contribution in [-0.2, 0) is 0 Å². The average Bonchev–Trinajstić information content (AvgIpc) is 2.64. The van der Waals surface area contributed by atoms with Crippen molar-refractivity contribution in [1.29, 1.82) is 0 Å². The van der Waals surface area contributed by atoms with E-state index >= 15 is 0 Å². The van der Waals surface area contributed by atoms with Crippen LogP contribution in [-0.4, -0.2) is 30.1 Å². The highest BCUT2D eigenvalue weighted by atomic mass is 16.2. The molecule has 2 aliphatic rings. The Morgan fingerprint density at radius 3 is 2.82 bits per heavy atom. The van der Waals surface area contributed by atoms with Gasteiger partial charge in [0.1, 0.15) is 0 Å². The van der Waals surface area contributed by atoms with Crippen LogP contribution < -0.4 is 5.31 Å². The second-order valence-electron chi connectivity index (χ2n) is 3.30. The molecule has 0 aromatic heterocycles. The van der Waals surface area contributed by atoms with Crippen LogP contribution in [0.1, 0.15) is 25.7 Å². The maximum absolute atomic E-state index is 11.4. The maximum atomic E-state index is 11.4. The Morgan fingerprint density at radius 2 is 2.27 bits per heavy atom.